The van der Waals surface area contributed by atoms with Gasteiger partial charge < -0.3 is 14.8 Å². The minimum absolute atomic E-state index is 0.0180. The molecule has 146 valence electrons. The van der Waals surface area contributed by atoms with E-state index in [1.54, 1.807) is 31.3 Å². The summed E-state index contributed by atoms with van der Waals surface area (Å²) in [6, 6.07) is 14.3. The number of para-hydroxylation sites is 4. The van der Waals surface area contributed by atoms with Gasteiger partial charge in [-0.25, -0.2) is 4.79 Å². The maximum Gasteiger partial charge on any atom is 0.328 e. The molecule has 1 heterocycles. The first kappa shape index (κ1) is 19.2. The van der Waals surface area contributed by atoms with Gasteiger partial charge >= 0.3 is 11.7 Å². The molecule has 0 saturated heterocycles. The van der Waals surface area contributed by atoms with Crippen LogP contribution in [0.3, 0.4) is 0 Å². The van der Waals surface area contributed by atoms with E-state index < -0.39 is 18.5 Å². The van der Waals surface area contributed by atoms with Crippen LogP contribution in [0.15, 0.2) is 53.3 Å². The highest BCUT2D eigenvalue weighted by Gasteiger charge is 2.13. The molecule has 1 aromatic heterocycles. The number of methoxy groups -OCH3 is 1. The fourth-order valence-electron chi connectivity index (χ4n) is 2.93. The van der Waals surface area contributed by atoms with Crippen molar-refractivity contribution >= 4 is 28.6 Å². The van der Waals surface area contributed by atoms with E-state index in [-0.39, 0.29) is 18.7 Å². The van der Waals surface area contributed by atoms with Crippen molar-refractivity contribution in [1.82, 2.24) is 9.13 Å². The molecular formula is C20H21N3O5. The van der Waals surface area contributed by atoms with Crippen LogP contribution in [0.5, 0.6) is 5.75 Å². The number of aromatic nitrogens is 2. The molecule has 0 radical (unpaired) electrons. The Morgan fingerprint density at radius 2 is 1.71 bits per heavy atom. The topological polar surface area (TPSA) is 91.6 Å². The number of rotatable bonds is 7. The van der Waals surface area contributed by atoms with Crippen molar-refractivity contribution in [3.8, 4) is 5.75 Å². The van der Waals surface area contributed by atoms with Crippen molar-refractivity contribution in [2.24, 2.45) is 7.05 Å². The van der Waals surface area contributed by atoms with Gasteiger partial charge in [-0.05, 0) is 24.3 Å². The van der Waals surface area contributed by atoms with Gasteiger partial charge in [-0.2, -0.15) is 0 Å². The van der Waals surface area contributed by atoms with Crippen LogP contribution in [0.2, 0.25) is 0 Å². The molecule has 1 amide bonds. The number of fused-ring (bicyclic) bond motifs is 1. The zero-order chi connectivity index (χ0) is 20.1. The summed E-state index contributed by atoms with van der Waals surface area (Å²) in [7, 11) is 3.18. The van der Waals surface area contributed by atoms with Crippen LogP contribution in [0.4, 0.5) is 5.69 Å². The molecule has 0 unspecified atom stereocenters. The lowest BCUT2D eigenvalue weighted by Gasteiger charge is -2.10. The molecule has 8 nitrogen and oxygen atoms in total. The van der Waals surface area contributed by atoms with Gasteiger partial charge in [-0.1, -0.05) is 24.3 Å². The molecule has 0 aliphatic carbocycles. The predicted molar refractivity (Wildman–Crippen MR) is 104 cm³/mol. The molecule has 0 atom stereocenters. The van der Waals surface area contributed by atoms with Gasteiger partial charge in [-0.3, -0.25) is 18.7 Å². The molecule has 0 aliphatic rings. The van der Waals surface area contributed by atoms with Gasteiger partial charge in [-0.15, -0.1) is 0 Å². The lowest BCUT2D eigenvalue weighted by molar-refractivity contribution is -0.147. The zero-order valence-corrected chi connectivity index (χ0v) is 15.7. The molecular weight excluding hydrogens is 362 g/mol. The molecule has 0 bridgehead atoms. The Morgan fingerprint density at radius 1 is 1.04 bits per heavy atom. The number of amides is 1. The van der Waals surface area contributed by atoms with Crippen molar-refractivity contribution in [1.29, 1.82) is 0 Å². The number of hydrogen-bond acceptors (Lipinski definition) is 5. The van der Waals surface area contributed by atoms with E-state index in [1.807, 2.05) is 24.3 Å². The average molecular weight is 383 g/mol. The standard InChI is InChI=1S/C20H21N3O5/c1-22-15-8-4-5-9-16(15)23(20(22)26)12-11-19(25)28-13-18(24)21-14-7-3-6-10-17(14)27-2/h3-10H,11-13H2,1-2H3,(H,21,24). The zero-order valence-electron chi connectivity index (χ0n) is 15.7. The van der Waals surface area contributed by atoms with E-state index in [1.165, 1.54) is 16.2 Å². The van der Waals surface area contributed by atoms with E-state index in [0.717, 1.165) is 11.0 Å². The van der Waals surface area contributed by atoms with Crippen LogP contribution >= 0.6 is 0 Å². The second-order valence-electron chi connectivity index (χ2n) is 6.14. The van der Waals surface area contributed by atoms with Gasteiger partial charge in [0, 0.05) is 13.6 Å². The minimum Gasteiger partial charge on any atom is -0.495 e. The highest BCUT2D eigenvalue weighted by molar-refractivity contribution is 5.94. The van der Waals surface area contributed by atoms with Crippen molar-refractivity contribution in [2.75, 3.05) is 19.0 Å². The fraction of sp³-hybridized carbons (Fsp3) is 0.250. The van der Waals surface area contributed by atoms with E-state index in [0.29, 0.717) is 11.4 Å². The third-order valence-electron chi connectivity index (χ3n) is 4.34. The molecule has 2 aromatic carbocycles. The molecule has 1 N–H and O–H groups in total. The summed E-state index contributed by atoms with van der Waals surface area (Å²) in [5, 5.41) is 2.63. The first-order chi connectivity index (χ1) is 13.5. The SMILES string of the molecule is COc1ccccc1NC(=O)COC(=O)CCn1c(=O)n(C)c2ccccc21. The number of hydrogen-bond donors (Lipinski definition) is 1. The quantitative estimate of drug-likeness (QED) is 0.630. The number of nitrogens with one attached hydrogen (secondary N) is 1. The highest BCUT2D eigenvalue weighted by atomic mass is 16.5. The van der Waals surface area contributed by atoms with Crippen LogP contribution in [-0.4, -0.2) is 34.7 Å². The summed E-state index contributed by atoms with van der Waals surface area (Å²) >= 11 is 0. The first-order valence-electron chi connectivity index (χ1n) is 8.74. The number of ether oxygens (including phenoxy) is 2. The van der Waals surface area contributed by atoms with Crippen molar-refractivity contribution in [2.45, 2.75) is 13.0 Å². The second-order valence-corrected chi connectivity index (χ2v) is 6.14. The van der Waals surface area contributed by atoms with Crippen molar-refractivity contribution in [3.63, 3.8) is 0 Å². The minimum atomic E-state index is -0.560. The molecule has 28 heavy (non-hydrogen) atoms. The van der Waals surface area contributed by atoms with Crippen LogP contribution in [0.1, 0.15) is 6.42 Å². The Balaban J connectivity index is 1.55. The summed E-state index contributed by atoms with van der Waals surface area (Å²) in [4.78, 5) is 36.3. The van der Waals surface area contributed by atoms with Gasteiger partial charge in [0.1, 0.15) is 5.75 Å². The Morgan fingerprint density at radius 3 is 2.46 bits per heavy atom. The molecule has 0 saturated carbocycles. The maximum atomic E-state index is 12.3. The van der Waals surface area contributed by atoms with Gasteiger partial charge in [0.2, 0.25) is 0 Å². The number of esters is 1. The lowest BCUT2D eigenvalue weighted by atomic mass is 10.3. The number of carbonyl (C=O) groups is 2. The Kier molecular flexibility index (Phi) is 5.78. The molecule has 0 fully saturated rings. The second kappa shape index (κ2) is 8.43. The Labute approximate surface area is 161 Å². The summed E-state index contributed by atoms with van der Waals surface area (Å²) in [6.45, 7) is -0.242. The summed E-state index contributed by atoms with van der Waals surface area (Å²) in [5.41, 5.74) is 1.82. The molecule has 3 aromatic rings. The summed E-state index contributed by atoms with van der Waals surface area (Å²) in [6.07, 6.45) is -0.0180. The predicted octanol–water partition coefficient (Wildman–Crippen LogP) is 1.92. The Bertz CT molecular complexity index is 1070. The van der Waals surface area contributed by atoms with Gasteiger partial charge in [0.25, 0.3) is 5.91 Å². The molecule has 0 spiro atoms. The van der Waals surface area contributed by atoms with Crippen LogP contribution < -0.4 is 15.7 Å². The third-order valence-corrected chi connectivity index (χ3v) is 4.34. The van der Waals surface area contributed by atoms with Crippen molar-refractivity contribution < 1.29 is 19.1 Å². The molecule has 8 heteroatoms. The largest absolute Gasteiger partial charge is 0.495 e. The number of anilines is 1. The maximum absolute atomic E-state index is 12.3. The van der Waals surface area contributed by atoms with E-state index in [2.05, 4.69) is 5.32 Å². The first-order valence-corrected chi connectivity index (χ1v) is 8.74. The van der Waals surface area contributed by atoms with Crippen molar-refractivity contribution in [3.05, 3.63) is 59.0 Å². The Hall–Kier alpha value is -3.55. The van der Waals surface area contributed by atoms with Crippen LogP contribution in [0.25, 0.3) is 11.0 Å². The van der Waals surface area contributed by atoms with E-state index >= 15 is 0 Å². The normalized spacial score (nSPS) is 10.6. The van der Waals surface area contributed by atoms with E-state index in [9.17, 15) is 14.4 Å². The average Bonchev–Trinajstić information content (AvgIpc) is 2.95. The number of carbonyl (C=O) groups excluding carboxylic acids is 2. The van der Waals surface area contributed by atoms with E-state index in [4.69, 9.17) is 9.47 Å². The summed E-state index contributed by atoms with van der Waals surface area (Å²) in [5.74, 6) is -0.521. The number of nitrogens with zero attached hydrogens (tertiary/aromatic N) is 2. The number of imidazole rings is 1. The molecule has 0 aliphatic heterocycles. The summed E-state index contributed by atoms with van der Waals surface area (Å²) < 4.78 is 13.2. The van der Waals surface area contributed by atoms with Gasteiger partial charge in [0.15, 0.2) is 6.61 Å². The smallest absolute Gasteiger partial charge is 0.328 e. The number of aryl methyl sites for hydroxylation is 2. The highest BCUT2D eigenvalue weighted by Crippen LogP contribution is 2.22. The number of benzene rings is 2. The fourth-order valence-corrected chi connectivity index (χ4v) is 2.93. The van der Waals surface area contributed by atoms with Gasteiger partial charge in [0.05, 0.1) is 30.3 Å². The third kappa shape index (κ3) is 4.06. The van der Waals surface area contributed by atoms with Crippen LogP contribution in [-0.2, 0) is 27.9 Å². The monoisotopic (exact) mass is 383 g/mol. The van der Waals surface area contributed by atoms with Crippen LogP contribution in [0, 0.1) is 0 Å². The lowest BCUT2D eigenvalue weighted by Crippen LogP contribution is -2.25. The molecule has 3 rings (SSSR count).